The molecule has 2 fully saturated rings. The Kier molecular flexibility index (Phi) is 6.64. The van der Waals surface area contributed by atoms with Crippen molar-refractivity contribution in [3.05, 3.63) is 45.5 Å². The molecule has 1 amide bonds. The van der Waals surface area contributed by atoms with E-state index in [9.17, 15) is 14.9 Å². The fourth-order valence-corrected chi connectivity index (χ4v) is 4.13. The van der Waals surface area contributed by atoms with Crippen LogP contribution in [0.15, 0.2) is 29.6 Å². The summed E-state index contributed by atoms with van der Waals surface area (Å²) in [6.07, 6.45) is 4.67. The van der Waals surface area contributed by atoms with Gasteiger partial charge in [0.1, 0.15) is 10.7 Å². The van der Waals surface area contributed by atoms with Crippen LogP contribution in [-0.2, 0) is 0 Å². The zero-order valence-electron chi connectivity index (χ0n) is 15.4. The van der Waals surface area contributed by atoms with Crippen molar-refractivity contribution in [2.45, 2.75) is 31.7 Å². The van der Waals surface area contributed by atoms with Crippen LogP contribution in [0.2, 0.25) is 0 Å². The third-order valence-corrected chi connectivity index (χ3v) is 6.11. The number of hydrogen-bond donors (Lipinski definition) is 1. The first-order chi connectivity index (χ1) is 13.1. The molecule has 1 aromatic heterocycles. The van der Waals surface area contributed by atoms with Crippen LogP contribution in [0.4, 0.5) is 5.69 Å². The summed E-state index contributed by atoms with van der Waals surface area (Å²) in [6.45, 7) is 2.63. The second-order valence-corrected chi connectivity index (χ2v) is 8.12. The predicted octanol–water partition coefficient (Wildman–Crippen LogP) is 3.74. The molecule has 0 spiro atoms. The number of thiazole rings is 1. The molecule has 1 N–H and O–H groups in total. The van der Waals surface area contributed by atoms with E-state index in [-0.39, 0.29) is 24.0 Å². The Bertz CT molecular complexity index is 830. The number of rotatable bonds is 6. The smallest absolute Gasteiger partial charge is 0.273 e. The van der Waals surface area contributed by atoms with Gasteiger partial charge >= 0.3 is 0 Å². The molecule has 9 heteroatoms. The number of nitro groups is 1. The minimum Gasteiger partial charge on any atom is -0.337 e. The van der Waals surface area contributed by atoms with Gasteiger partial charge in [-0.05, 0) is 50.3 Å². The van der Waals surface area contributed by atoms with E-state index in [2.05, 4.69) is 10.3 Å². The molecule has 0 atom stereocenters. The second-order valence-electron chi connectivity index (χ2n) is 7.26. The van der Waals surface area contributed by atoms with Gasteiger partial charge in [-0.25, -0.2) is 4.98 Å². The Hall–Kier alpha value is -2.03. The van der Waals surface area contributed by atoms with Crippen molar-refractivity contribution in [1.82, 2.24) is 15.2 Å². The first kappa shape index (κ1) is 20.7. The number of benzene rings is 1. The van der Waals surface area contributed by atoms with Crippen LogP contribution >= 0.6 is 23.7 Å². The molecule has 1 aliphatic carbocycles. The van der Waals surface area contributed by atoms with Crippen molar-refractivity contribution in [3.8, 4) is 10.6 Å². The molecule has 1 aromatic carbocycles. The van der Waals surface area contributed by atoms with Crippen LogP contribution in [0.25, 0.3) is 10.6 Å². The van der Waals surface area contributed by atoms with E-state index in [1.165, 1.54) is 36.3 Å². The molecule has 7 nitrogen and oxygen atoms in total. The number of hydrogen-bond acceptors (Lipinski definition) is 6. The van der Waals surface area contributed by atoms with Crippen molar-refractivity contribution in [2.24, 2.45) is 5.92 Å². The molecule has 2 aromatic rings. The lowest BCUT2D eigenvalue weighted by atomic mass is 10.0. The first-order valence-electron chi connectivity index (χ1n) is 9.33. The van der Waals surface area contributed by atoms with Crippen LogP contribution in [-0.4, -0.2) is 46.4 Å². The highest BCUT2D eigenvalue weighted by atomic mass is 35.5. The summed E-state index contributed by atoms with van der Waals surface area (Å²) in [4.78, 5) is 29.4. The normalized spacial score (nSPS) is 17.2. The largest absolute Gasteiger partial charge is 0.337 e. The van der Waals surface area contributed by atoms with Crippen LogP contribution in [0.1, 0.15) is 36.2 Å². The zero-order chi connectivity index (χ0) is 18.8. The lowest BCUT2D eigenvalue weighted by molar-refractivity contribution is -0.384. The maximum atomic E-state index is 12.7. The molecule has 1 saturated heterocycles. The maximum Gasteiger partial charge on any atom is 0.273 e. The summed E-state index contributed by atoms with van der Waals surface area (Å²) in [5.41, 5.74) is 1.29. The molecular weight excluding hydrogens is 400 g/mol. The average Bonchev–Trinajstić information content (AvgIpc) is 3.40. The number of nitro benzene ring substituents is 1. The number of nitrogens with one attached hydrogen (secondary N) is 1. The zero-order valence-corrected chi connectivity index (χ0v) is 17.0. The maximum absolute atomic E-state index is 12.7. The van der Waals surface area contributed by atoms with Gasteiger partial charge in [0.15, 0.2) is 0 Å². The molecular formula is C19H23ClN4O3S. The quantitative estimate of drug-likeness (QED) is 0.565. The van der Waals surface area contributed by atoms with Gasteiger partial charge < -0.3 is 10.2 Å². The summed E-state index contributed by atoms with van der Waals surface area (Å²) in [7, 11) is 0. The Morgan fingerprint density at radius 2 is 1.89 bits per heavy atom. The number of likely N-dealkylation sites (tertiary alicyclic amines) is 1. The fraction of sp³-hybridized carbons (Fsp3) is 0.474. The molecule has 2 aliphatic rings. The third kappa shape index (κ3) is 4.87. The molecule has 2 heterocycles. The average molecular weight is 423 g/mol. The second kappa shape index (κ2) is 8.98. The van der Waals surface area contributed by atoms with Crippen molar-refractivity contribution in [2.75, 3.05) is 19.6 Å². The van der Waals surface area contributed by atoms with Gasteiger partial charge in [0.05, 0.1) is 4.92 Å². The molecule has 0 unspecified atom stereocenters. The van der Waals surface area contributed by atoms with Gasteiger partial charge in [-0.1, -0.05) is 0 Å². The Morgan fingerprint density at radius 1 is 1.21 bits per heavy atom. The van der Waals surface area contributed by atoms with Gasteiger partial charge in [0.25, 0.3) is 11.6 Å². The standard InChI is InChI=1S/C19H22N4O3S.ClH/c24-19(22-9-7-15(8-10-22)20-11-13-1-2-13)17-12-27-18(21-17)14-3-5-16(6-4-14)23(25)26;/h3-6,12-13,15,20H,1-2,7-11H2;1H. The monoisotopic (exact) mass is 422 g/mol. The molecule has 1 aliphatic heterocycles. The number of non-ortho nitro benzene ring substituents is 1. The third-order valence-electron chi connectivity index (χ3n) is 5.22. The van der Waals surface area contributed by atoms with E-state index in [1.54, 1.807) is 17.5 Å². The molecule has 0 bridgehead atoms. The van der Waals surface area contributed by atoms with Crippen molar-refractivity contribution < 1.29 is 9.72 Å². The van der Waals surface area contributed by atoms with Crippen molar-refractivity contribution in [3.63, 3.8) is 0 Å². The van der Waals surface area contributed by atoms with E-state index in [4.69, 9.17) is 0 Å². The number of nitrogens with zero attached hydrogens (tertiary/aromatic N) is 3. The Labute approximate surface area is 173 Å². The van der Waals surface area contributed by atoms with Gasteiger partial charge in [0, 0.05) is 42.2 Å². The summed E-state index contributed by atoms with van der Waals surface area (Å²) >= 11 is 1.39. The van der Waals surface area contributed by atoms with Crippen LogP contribution < -0.4 is 5.32 Å². The molecule has 150 valence electrons. The molecule has 1 saturated carbocycles. The number of carbonyl (C=O) groups excluding carboxylic acids is 1. The van der Waals surface area contributed by atoms with Gasteiger partial charge in [-0.3, -0.25) is 14.9 Å². The van der Waals surface area contributed by atoms with Crippen molar-refractivity contribution in [1.29, 1.82) is 0 Å². The van der Waals surface area contributed by atoms with Crippen molar-refractivity contribution >= 4 is 35.3 Å². The summed E-state index contributed by atoms with van der Waals surface area (Å²) < 4.78 is 0. The highest BCUT2D eigenvalue weighted by Gasteiger charge is 2.27. The van der Waals surface area contributed by atoms with Gasteiger partial charge in [-0.2, -0.15) is 0 Å². The minimum absolute atomic E-state index is 0. The van der Waals surface area contributed by atoms with E-state index in [0.717, 1.165) is 44.0 Å². The first-order valence-corrected chi connectivity index (χ1v) is 10.2. The molecule has 0 radical (unpaired) electrons. The predicted molar refractivity (Wildman–Crippen MR) is 111 cm³/mol. The highest BCUT2D eigenvalue weighted by Crippen LogP contribution is 2.29. The molecule has 28 heavy (non-hydrogen) atoms. The van der Waals surface area contributed by atoms with Crippen LogP contribution in [0, 0.1) is 16.0 Å². The Morgan fingerprint density at radius 3 is 2.50 bits per heavy atom. The SMILES string of the molecule is Cl.O=C(c1csc(-c2ccc([N+](=O)[O-])cc2)n1)N1CCC(NCC2CC2)CC1. The number of carbonyl (C=O) groups is 1. The summed E-state index contributed by atoms with van der Waals surface area (Å²) in [5, 5.41) is 16.9. The number of piperidine rings is 1. The highest BCUT2D eigenvalue weighted by molar-refractivity contribution is 7.13. The van der Waals surface area contributed by atoms with E-state index < -0.39 is 4.92 Å². The van der Waals surface area contributed by atoms with E-state index in [0.29, 0.717) is 16.7 Å². The van der Waals surface area contributed by atoms with E-state index in [1.807, 2.05) is 4.90 Å². The number of halogens is 1. The van der Waals surface area contributed by atoms with Gasteiger partial charge in [0.2, 0.25) is 0 Å². The summed E-state index contributed by atoms with van der Waals surface area (Å²) in [6, 6.07) is 6.76. The summed E-state index contributed by atoms with van der Waals surface area (Å²) in [5.74, 6) is 0.845. The van der Waals surface area contributed by atoms with Gasteiger partial charge in [-0.15, -0.1) is 23.7 Å². The lowest BCUT2D eigenvalue weighted by Crippen LogP contribution is -2.45. The topological polar surface area (TPSA) is 88.4 Å². The van der Waals surface area contributed by atoms with E-state index >= 15 is 0 Å². The Balaban J connectivity index is 0.00000225. The molecule has 4 rings (SSSR count). The lowest BCUT2D eigenvalue weighted by Gasteiger charge is -2.32. The van der Waals surface area contributed by atoms with Crippen LogP contribution in [0.5, 0.6) is 0 Å². The minimum atomic E-state index is -0.427. The fourth-order valence-electron chi connectivity index (χ4n) is 3.33. The number of aromatic nitrogens is 1. The number of amides is 1. The van der Waals surface area contributed by atoms with Crippen LogP contribution in [0.3, 0.4) is 0 Å².